The van der Waals surface area contributed by atoms with Gasteiger partial charge in [0.1, 0.15) is 0 Å². The molecule has 0 radical (unpaired) electrons. The summed E-state index contributed by atoms with van der Waals surface area (Å²) in [6.45, 7) is 2.70. The Balaban J connectivity index is 1.64. The van der Waals surface area contributed by atoms with Crippen LogP contribution in [0.2, 0.25) is 0 Å². The van der Waals surface area contributed by atoms with Crippen LogP contribution in [0.5, 0.6) is 0 Å². The predicted octanol–water partition coefficient (Wildman–Crippen LogP) is 5.85. The largest absolute Gasteiger partial charge is 0.380 e. The fraction of sp³-hybridized carbons (Fsp3) is 0.227. The first-order valence-electron chi connectivity index (χ1n) is 8.87. The quantitative estimate of drug-likeness (QED) is 0.484. The highest BCUT2D eigenvalue weighted by Crippen LogP contribution is 2.31. The maximum atomic E-state index is 12.4. The van der Waals surface area contributed by atoms with Crippen LogP contribution in [0.4, 0.5) is 5.00 Å². The Morgan fingerprint density at radius 2 is 1.93 bits per heavy atom. The van der Waals surface area contributed by atoms with E-state index >= 15 is 0 Å². The number of thioether (sulfide) groups is 1. The van der Waals surface area contributed by atoms with Gasteiger partial charge in [0.05, 0.1) is 18.0 Å². The van der Waals surface area contributed by atoms with Crippen molar-refractivity contribution in [3.63, 3.8) is 0 Å². The van der Waals surface area contributed by atoms with Crippen molar-refractivity contribution < 1.29 is 9.53 Å². The molecule has 1 aromatic heterocycles. The van der Waals surface area contributed by atoms with Crippen molar-refractivity contribution in [1.82, 2.24) is 0 Å². The SMILES string of the molecule is CCSc1ccc(CC(=O)Nc2cc(-c3ccccc3COC)cs2)cc1. The average molecular weight is 398 g/mol. The molecule has 0 saturated heterocycles. The average Bonchev–Trinajstić information content (AvgIpc) is 3.12. The van der Waals surface area contributed by atoms with Gasteiger partial charge in [-0.05, 0) is 46.2 Å². The van der Waals surface area contributed by atoms with Crippen LogP contribution < -0.4 is 5.32 Å². The zero-order valence-corrected chi connectivity index (χ0v) is 17.2. The summed E-state index contributed by atoms with van der Waals surface area (Å²) >= 11 is 3.35. The van der Waals surface area contributed by atoms with Gasteiger partial charge < -0.3 is 10.1 Å². The molecule has 2 aromatic carbocycles. The number of hydrogen-bond acceptors (Lipinski definition) is 4. The third-order valence-corrected chi connectivity index (χ3v) is 5.83. The number of thiophene rings is 1. The first-order valence-corrected chi connectivity index (χ1v) is 10.7. The molecule has 27 heavy (non-hydrogen) atoms. The van der Waals surface area contributed by atoms with Crippen molar-refractivity contribution in [2.75, 3.05) is 18.2 Å². The fourth-order valence-electron chi connectivity index (χ4n) is 2.86. The van der Waals surface area contributed by atoms with Crippen molar-refractivity contribution in [3.05, 3.63) is 71.1 Å². The minimum absolute atomic E-state index is 0.00414. The normalized spacial score (nSPS) is 10.7. The number of methoxy groups -OCH3 is 1. The van der Waals surface area contributed by atoms with Gasteiger partial charge >= 0.3 is 0 Å². The van der Waals surface area contributed by atoms with Crippen LogP contribution >= 0.6 is 23.1 Å². The lowest BCUT2D eigenvalue weighted by atomic mass is 10.0. The second-order valence-corrected chi connectivity index (χ2v) is 8.34. The number of benzene rings is 2. The maximum absolute atomic E-state index is 12.4. The standard InChI is InChI=1S/C22H23NO2S2/c1-3-26-19-10-8-16(9-11-19)12-21(24)23-22-13-18(15-27-22)20-7-5-4-6-17(20)14-25-2/h4-11,13,15H,3,12,14H2,1-2H3,(H,23,24). The predicted molar refractivity (Wildman–Crippen MR) is 116 cm³/mol. The smallest absolute Gasteiger partial charge is 0.229 e. The fourth-order valence-corrected chi connectivity index (χ4v) is 4.34. The first-order chi connectivity index (χ1) is 13.2. The van der Waals surface area contributed by atoms with Crippen molar-refractivity contribution in [1.29, 1.82) is 0 Å². The van der Waals surface area contributed by atoms with E-state index in [4.69, 9.17) is 4.74 Å². The molecular formula is C22H23NO2S2. The summed E-state index contributed by atoms with van der Waals surface area (Å²) in [6.07, 6.45) is 0.380. The van der Waals surface area contributed by atoms with E-state index in [0.29, 0.717) is 13.0 Å². The van der Waals surface area contributed by atoms with E-state index in [0.717, 1.165) is 33.0 Å². The van der Waals surface area contributed by atoms with Gasteiger partial charge in [-0.15, -0.1) is 23.1 Å². The maximum Gasteiger partial charge on any atom is 0.229 e. The molecule has 5 heteroatoms. The number of amides is 1. The van der Waals surface area contributed by atoms with Crippen LogP contribution in [0.1, 0.15) is 18.1 Å². The highest BCUT2D eigenvalue weighted by molar-refractivity contribution is 7.99. The number of nitrogens with one attached hydrogen (secondary N) is 1. The molecule has 3 aromatic rings. The van der Waals surface area contributed by atoms with Crippen molar-refractivity contribution in [2.24, 2.45) is 0 Å². The Labute approximate surface area is 168 Å². The summed E-state index contributed by atoms with van der Waals surface area (Å²) in [5, 5.41) is 5.95. The Hall–Kier alpha value is -2.08. The molecule has 1 heterocycles. The number of ether oxygens (including phenoxy) is 1. The van der Waals surface area contributed by atoms with E-state index in [9.17, 15) is 4.79 Å². The molecule has 140 valence electrons. The monoisotopic (exact) mass is 397 g/mol. The second kappa shape index (κ2) is 9.74. The second-order valence-electron chi connectivity index (χ2n) is 6.09. The van der Waals surface area contributed by atoms with Gasteiger partial charge in [-0.25, -0.2) is 0 Å². The van der Waals surface area contributed by atoms with Gasteiger partial charge in [-0.2, -0.15) is 0 Å². The molecule has 1 amide bonds. The highest BCUT2D eigenvalue weighted by atomic mass is 32.2. The first kappa shape index (κ1) is 19.7. The van der Waals surface area contributed by atoms with Crippen molar-refractivity contribution in [2.45, 2.75) is 24.8 Å². The minimum atomic E-state index is 0.00414. The van der Waals surface area contributed by atoms with Crippen molar-refractivity contribution in [3.8, 4) is 11.1 Å². The summed E-state index contributed by atoms with van der Waals surface area (Å²) in [5.41, 5.74) is 4.40. The molecular weight excluding hydrogens is 374 g/mol. The number of hydrogen-bond donors (Lipinski definition) is 1. The summed E-state index contributed by atoms with van der Waals surface area (Å²) in [6, 6.07) is 18.4. The Morgan fingerprint density at radius 3 is 2.67 bits per heavy atom. The van der Waals surface area contributed by atoms with E-state index in [1.807, 2.05) is 30.3 Å². The van der Waals surface area contributed by atoms with Crippen LogP contribution in [0.15, 0.2) is 64.9 Å². The van der Waals surface area contributed by atoms with Crippen LogP contribution in [0, 0.1) is 0 Å². The van der Waals surface area contributed by atoms with E-state index in [-0.39, 0.29) is 5.91 Å². The summed E-state index contributed by atoms with van der Waals surface area (Å²) in [5.74, 6) is 1.05. The van der Waals surface area contributed by atoms with Crippen LogP contribution in [0.3, 0.4) is 0 Å². The van der Waals surface area contributed by atoms with Gasteiger partial charge in [0, 0.05) is 17.4 Å². The Morgan fingerprint density at radius 1 is 1.15 bits per heavy atom. The number of carbonyl (C=O) groups is 1. The lowest BCUT2D eigenvalue weighted by Crippen LogP contribution is -2.13. The molecule has 0 aliphatic heterocycles. The topological polar surface area (TPSA) is 38.3 Å². The third kappa shape index (κ3) is 5.45. The Bertz CT molecular complexity index is 887. The molecule has 0 aliphatic carbocycles. The van der Waals surface area contributed by atoms with Gasteiger partial charge in [-0.1, -0.05) is 43.3 Å². The molecule has 0 atom stereocenters. The molecule has 0 spiro atoms. The molecule has 0 bridgehead atoms. The van der Waals surface area contributed by atoms with E-state index in [1.54, 1.807) is 30.2 Å². The summed E-state index contributed by atoms with van der Waals surface area (Å²) in [7, 11) is 1.70. The summed E-state index contributed by atoms with van der Waals surface area (Å²) in [4.78, 5) is 13.6. The van der Waals surface area contributed by atoms with Gasteiger partial charge in [0.25, 0.3) is 0 Å². The lowest BCUT2D eigenvalue weighted by molar-refractivity contribution is -0.115. The molecule has 0 aliphatic rings. The number of rotatable bonds is 8. The van der Waals surface area contributed by atoms with Crippen LogP contribution in [-0.4, -0.2) is 18.8 Å². The number of carbonyl (C=O) groups excluding carboxylic acids is 1. The molecule has 3 rings (SSSR count). The molecule has 0 saturated carbocycles. The van der Waals surface area contributed by atoms with E-state index in [2.05, 4.69) is 41.9 Å². The van der Waals surface area contributed by atoms with E-state index in [1.165, 1.54) is 4.90 Å². The Kier molecular flexibility index (Phi) is 7.10. The molecule has 0 unspecified atom stereocenters. The third-order valence-electron chi connectivity index (χ3n) is 4.09. The molecule has 3 nitrogen and oxygen atoms in total. The van der Waals surface area contributed by atoms with Gasteiger partial charge in [0.15, 0.2) is 0 Å². The zero-order chi connectivity index (χ0) is 19.1. The van der Waals surface area contributed by atoms with Gasteiger partial charge in [-0.3, -0.25) is 4.79 Å². The zero-order valence-electron chi connectivity index (χ0n) is 15.5. The van der Waals surface area contributed by atoms with Gasteiger partial charge in [0.2, 0.25) is 5.91 Å². The molecule has 0 fully saturated rings. The van der Waals surface area contributed by atoms with Crippen LogP contribution in [0.25, 0.3) is 11.1 Å². The lowest BCUT2D eigenvalue weighted by Gasteiger charge is -2.07. The van der Waals surface area contributed by atoms with Crippen LogP contribution in [-0.2, 0) is 22.6 Å². The highest BCUT2D eigenvalue weighted by Gasteiger charge is 2.10. The molecule has 1 N–H and O–H groups in total. The number of anilines is 1. The minimum Gasteiger partial charge on any atom is -0.380 e. The summed E-state index contributed by atoms with van der Waals surface area (Å²) < 4.78 is 5.28. The van der Waals surface area contributed by atoms with E-state index < -0.39 is 0 Å². The van der Waals surface area contributed by atoms with Crippen molar-refractivity contribution >= 4 is 34.0 Å².